The summed E-state index contributed by atoms with van der Waals surface area (Å²) in [6.07, 6.45) is 0.221. The van der Waals surface area contributed by atoms with Gasteiger partial charge in [-0.15, -0.1) is 0 Å². The van der Waals surface area contributed by atoms with Crippen molar-refractivity contribution in [2.24, 2.45) is 0 Å². The van der Waals surface area contributed by atoms with Crippen molar-refractivity contribution in [2.75, 3.05) is 0 Å². The summed E-state index contributed by atoms with van der Waals surface area (Å²) in [6, 6.07) is 6.69. The minimum atomic E-state index is -0.366. The number of benzene rings is 1. The zero-order chi connectivity index (χ0) is 11.0. The van der Waals surface area contributed by atoms with E-state index in [9.17, 15) is 14.7 Å². The van der Waals surface area contributed by atoms with E-state index in [2.05, 4.69) is 0 Å². The van der Waals surface area contributed by atoms with Crippen LogP contribution < -0.4 is 0 Å². The molecule has 0 unspecified atom stereocenters. The fourth-order valence-corrected chi connectivity index (χ4v) is 1.70. The first kappa shape index (κ1) is 9.65. The smallest absolute Gasteiger partial charge is 0.201 e. The SMILES string of the molecule is CCC(=O)C1=C(O)c2ccccc2C1=O. The number of fused-ring (bicyclic) bond motifs is 1. The van der Waals surface area contributed by atoms with Gasteiger partial charge in [0.2, 0.25) is 5.78 Å². The van der Waals surface area contributed by atoms with Crippen LogP contribution in [-0.2, 0) is 4.79 Å². The fourth-order valence-electron chi connectivity index (χ4n) is 1.70. The number of aliphatic hydroxyl groups is 1. The van der Waals surface area contributed by atoms with Crippen LogP contribution in [0.3, 0.4) is 0 Å². The fraction of sp³-hybridized carbons (Fsp3) is 0.167. The highest BCUT2D eigenvalue weighted by Crippen LogP contribution is 2.31. The molecule has 0 heterocycles. The Kier molecular flexibility index (Phi) is 2.15. The predicted molar refractivity (Wildman–Crippen MR) is 55.6 cm³/mol. The first-order valence-electron chi connectivity index (χ1n) is 4.77. The van der Waals surface area contributed by atoms with E-state index in [-0.39, 0.29) is 29.3 Å². The number of carbonyl (C=O) groups is 2. The zero-order valence-corrected chi connectivity index (χ0v) is 8.28. The summed E-state index contributed by atoms with van der Waals surface area (Å²) in [5.41, 5.74) is 0.796. The summed E-state index contributed by atoms with van der Waals surface area (Å²) in [7, 11) is 0. The molecule has 1 aliphatic rings. The van der Waals surface area contributed by atoms with Crippen molar-refractivity contribution in [3.8, 4) is 0 Å². The molecular formula is C12H10O3. The second-order valence-corrected chi connectivity index (χ2v) is 3.38. The Hall–Kier alpha value is -1.90. The van der Waals surface area contributed by atoms with Crippen LogP contribution in [-0.4, -0.2) is 16.7 Å². The molecule has 2 rings (SSSR count). The molecule has 0 atom stereocenters. The Morgan fingerprint density at radius 1 is 1.27 bits per heavy atom. The van der Waals surface area contributed by atoms with Crippen LogP contribution >= 0.6 is 0 Å². The lowest BCUT2D eigenvalue weighted by atomic mass is 10.1. The molecule has 0 bridgehead atoms. The van der Waals surface area contributed by atoms with Gasteiger partial charge in [-0.25, -0.2) is 0 Å². The van der Waals surface area contributed by atoms with E-state index in [0.29, 0.717) is 11.1 Å². The van der Waals surface area contributed by atoms with Crippen LogP contribution in [0.1, 0.15) is 29.3 Å². The molecule has 0 radical (unpaired) electrons. The Labute approximate surface area is 87.0 Å². The standard InChI is InChI=1S/C12H10O3/c1-2-9(13)10-11(14)7-5-3-4-6-8(7)12(10)15/h3-6,14H,2H2,1H3. The molecular weight excluding hydrogens is 192 g/mol. The molecule has 0 aromatic heterocycles. The molecule has 3 heteroatoms. The molecule has 15 heavy (non-hydrogen) atoms. The third kappa shape index (κ3) is 1.28. The quantitative estimate of drug-likeness (QED) is 0.747. The van der Waals surface area contributed by atoms with Gasteiger partial charge in [0.1, 0.15) is 11.3 Å². The molecule has 1 aliphatic carbocycles. The van der Waals surface area contributed by atoms with E-state index in [1.165, 1.54) is 0 Å². The van der Waals surface area contributed by atoms with Gasteiger partial charge in [-0.05, 0) is 0 Å². The van der Waals surface area contributed by atoms with Gasteiger partial charge in [-0.2, -0.15) is 0 Å². The summed E-state index contributed by atoms with van der Waals surface area (Å²) in [4.78, 5) is 23.2. The summed E-state index contributed by atoms with van der Waals surface area (Å²) in [6.45, 7) is 1.67. The number of allylic oxidation sites excluding steroid dienone is 1. The molecule has 0 saturated heterocycles. The van der Waals surface area contributed by atoms with Gasteiger partial charge in [-0.3, -0.25) is 9.59 Å². The number of Topliss-reactive ketones (excluding diaryl/α,β-unsaturated/α-hetero) is 2. The van der Waals surface area contributed by atoms with Gasteiger partial charge < -0.3 is 5.11 Å². The zero-order valence-electron chi connectivity index (χ0n) is 8.28. The third-order valence-corrected chi connectivity index (χ3v) is 2.49. The third-order valence-electron chi connectivity index (χ3n) is 2.49. The maximum atomic E-state index is 11.8. The molecule has 1 aromatic carbocycles. The number of carbonyl (C=O) groups excluding carboxylic acids is 2. The van der Waals surface area contributed by atoms with Gasteiger partial charge in [0.25, 0.3) is 0 Å². The molecule has 1 N–H and O–H groups in total. The van der Waals surface area contributed by atoms with Crippen LogP contribution in [0.2, 0.25) is 0 Å². The first-order chi connectivity index (χ1) is 7.16. The van der Waals surface area contributed by atoms with Gasteiger partial charge in [0.05, 0.1) is 0 Å². The highest BCUT2D eigenvalue weighted by atomic mass is 16.3. The lowest BCUT2D eigenvalue weighted by molar-refractivity contribution is -0.114. The van der Waals surface area contributed by atoms with Gasteiger partial charge >= 0.3 is 0 Å². The monoisotopic (exact) mass is 202 g/mol. The van der Waals surface area contributed by atoms with Crippen molar-refractivity contribution in [3.63, 3.8) is 0 Å². The van der Waals surface area contributed by atoms with E-state index in [0.717, 1.165) is 0 Å². The van der Waals surface area contributed by atoms with Crippen LogP contribution in [0, 0.1) is 0 Å². The van der Waals surface area contributed by atoms with Crippen molar-refractivity contribution in [1.82, 2.24) is 0 Å². The van der Waals surface area contributed by atoms with Crippen molar-refractivity contribution < 1.29 is 14.7 Å². The predicted octanol–water partition coefficient (Wildman–Crippen LogP) is 2.13. The Bertz CT molecular complexity index is 483. The van der Waals surface area contributed by atoms with E-state index in [1.807, 2.05) is 0 Å². The van der Waals surface area contributed by atoms with Crippen LogP contribution in [0.4, 0.5) is 0 Å². The lowest BCUT2D eigenvalue weighted by Crippen LogP contribution is -2.09. The van der Waals surface area contributed by atoms with Gasteiger partial charge in [-0.1, -0.05) is 31.2 Å². The number of aliphatic hydroxyl groups excluding tert-OH is 1. The minimum absolute atomic E-state index is 0.0706. The number of rotatable bonds is 2. The summed E-state index contributed by atoms with van der Waals surface area (Å²) >= 11 is 0. The van der Waals surface area contributed by atoms with Gasteiger partial charge in [0, 0.05) is 17.5 Å². The van der Waals surface area contributed by atoms with Gasteiger partial charge in [0.15, 0.2) is 5.78 Å². The number of hydrogen-bond donors (Lipinski definition) is 1. The summed E-state index contributed by atoms with van der Waals surface area (Å²) in [5, 5.41) is 9.75. The maximum Gasteiger partial charge on any atom is 0.201 e. The number of ketones is 2. The molecule has 0 aliphatic heterocycles. The number of hydrogen-bond acceptors (Lipinski definition) is 3. The highest BCUT2D eigenvalue weighted by Gasteiger charge is 2.32. The van der Waals surface area contributed by atoms with Crippen LogP contribution in [0.15, 0.2) is 29.8 Å². The Morgan fingerprint density at radius 3 is 2.40 bits per heavy atom. The average molecular weight is 202 g/mol. The summed E-state index contributed by atoms with van der Waals surface area (Å²) < 4.78 is 0. The highest BCUT2D eigenvalue weighted by molar-refractivity contribution is 6.34. The first-order valence-corrected chi connectivity index (χ1v) is 4.77. The van der Waals surface area contributed by atoms with E-state index in [1.54, 1.807) is 31.2 Å². The molecule has 0 amide bonds. The largest absolute Gasteiger partial charge is 0.506 e. The summed E-state index contributed by atoms with van der Waals surface area (Å²) in [5.74, 6) is -0.855. The van der Waals surface area contributed by atoms with E-state index < -0.39 is 0 Å². The van der Waals surface area contributed by atoms with E-state index >= 15 is 0 Å². The minimum Gasteiger partial charge on any atom is -0.506 e. The topological polar surface area (TPSA) is 54.4 Å². The maximum absolute atomic E-state index is 11.8. The van der Waals surface area contributed by atoms with Crippen molar-refractivity contribution >= 4 is 17.3 Å². The van der Waals surface area contributed by atoms with Crippen molar-refractivity contribution in [2.45, 2.75) is 13.3 Å². The normalized spacial score (nSPS) is 14.3. The van der Waals surface area contributed by atoms with E-state index in [4.69, 9.17) is 0 Å². The van der Waals surface area contributed by atoms with Crippen LogP contribution in [0.25, 0.3) is 5.76 Å². The molecule has 0 spiro atoms. The second-order valence-electron chi connectivity index (χ2n) is 3.38. The Balaban J connectivity index is 2.60. The van der Waals surface area contributed by atoms with Crippen LogP contribution in [0.5, 0.6) is 0 Å². The lowest BCUT2D eigenvalue weighted by Gasteiger charge is -1.96. The second kappa shape index (κ2) is 3.35. The van der Waals surface area contributed by atoms with Crippen molar-refractivity contribution in [3.05, 3.63) is 41.0 Å². The molecule has 1 aromatic rings. The average Bonchev–Trinajstić information content (AvgIpc) is 2.52. The molecule has 3 nitrogen and oxygen atoms in total. The Morgan fingerprint density at radius 2 is 1.87 bits per heavy atom. The molecule has 0 fully saturated rings. The molecule has 0 saturated carbocycles. The van der Waals surface area contributed by atoms with Crippen molar-refractivity contribution in [1.29, 1.82) is 0 Å². The molecule has 76 valence electrons.